The number of carbonyl (C=O) groups is 1. The Balaban J connectivity index is 1.34. The van der Waals surface area contributed by atoms with Crippen molar-refractivity contribution in [1.82, 2.24) is 30.0 Å². The Kier molecular flexibility index (Phi) is 6.62. The van der Waals surface area contributed by atoms with Crippen LogP contribution in [0.2, 0.25) is 0 Å². The predicted octanol–water partition coefficient (Wildman–Crippen LogP) is 0.994. The summed E-state index contributed by atoms with van der Waals surface area (Å²) in [5.74, 6) is 1.16. The highest BCUT2D eigenvalue weighted by Crippen LogP contribution is 2.38. The fourth-order valence-electron chi connectivity index (χ4n) is 5.59. The molecule has 3 saturated heterocycles. The normalized spacial score (nSPS) is 22.3. The van der Waals surface area contributed by atoms with Crippen LogP contribution < -0.4 is 16.0 Å². The summed E-state index contributed by atoms with van der Waals surface area (Å²) >= 11 is 0. The van der Waals surface area contributed by atoms with Crippen molar-refractivity contribution < 1.29 is 9.53 Å². The van der Waals surface area contributed by atoms with E-state index >= 15 is 0 Å². The number of amides is 1. The number of hydrogen-bond donors (Lipinski definition) is 2. The lowest BCUT2D eigenvalue weighted by Crippen LogP contribution is -2.55. The molecule has 38 heavy (non-hydrogen) atoms. The van der Waals surface area contributed by atoms with Crippen LogP contribution in [0.4, 0.5) is 11.6 Å². The van der Waals surface area contributed by atoms with Crippen LogP contribution in [0.3, 0.4) is 0 Å². The monoisotopic (exact) mass is 517 g/mol. The van der Waals surface area contributed by atoms with Gasteiger partial charge in [0.05, 0.1) is 18.9 Å². The lowest BCUT2D eigenvalue weighted by molar-refractivity contribution is 0.0662. The second kappa shape index (κ2) is 10.2. The highest BCUT2D eigenvalue weighted by atomic mass is 16.5. The zero-order valence-electron chi connectivity index (χ0n) is 22.1. The molecule has 0 saturated carbocycles. The Bertz CT molecular complexity index is 1260. The minimum absolute atomic E-state index is 0.0920. The Morgan fingerprint density at radius 2 is 1.79 bits per heavy atom. The number of guanidine groups is 1. The number of nitrogens with two attached hydrogens (primary N) is 1. The molecule has 4 aliphatic rings. The molecule has 200 valence electrons. The highest BCUT2D eigenvalue weighted by molar-refractivity contribution is 5.96. The maximum absolute atomic E-state index is 13.4. The van der Waals surface area contributed by atoms with E-state index < -0.39 is 0 Å². The third kappa shape index (κ3) is 4.67. The van der Waals surface area contributed by atoms with Crippen LogP contribution in [0.1, 0.15) is 27.9 Å². The van der Waals surface area contributed by atoms with Gasteiger partial charge in [0.2, 0.25) is 11.9 Å². The van der Waals surface area contributed by atoms with Crippen molar-refractivity contribution in [3.63, 3.8) is 0 Å². The average Bonchev–Trinajstić information content (AvgIpc) is 3.38. The molecule has 0 aliphatic carbocycles. The van der Waals surface area contributed by atoms with Crippen LogP contribution in [0.15, 0.2) is 41.2 Å². The molecule has 0 bridgehead atoms. The number of likely N-dealkylation sites (N-methyl/N-ethyl adjacent to an activating group) is 1. The van der Waals surface area contributed by atoms with E-state index in [1.807, 2.05) is 11.0 Å². The van der Waals surface area contributed by atoms with E-state index in [-0.39, 0.29) is 18.0 Å². The number of aromatic nitrogens is 2. The van der Waals surface area contributed by atoms with Crippen LogP contribution in [0, 0.1) is 6.92 Å². The smallest absolute Gasteiger partial charge is 0.254 e. The molecule has 3 fully saturated rings. The van der Waals surface area contributed by atoms with Crippen LogP contribution in [0.5, 0.6) is 0 Å². The van der Waals surface area contributed by atoms with Crippen molar-refractivity contribution >= 4 is 29.2 Å². The number of ether oxygens (including phenoxy) is 1. The number of aryl methyl sites for hydroxylation is 1. The number of nitrogens with zero attached hydrogens (tertiary/aromatic N) is 7. The number of rotatable bonds is 3. The van der Waals surface area contributed by atoms with Crippen molar-refractivity contribution in [2.24, 2.45) is 4.99 Å². The molecule has 3 N–H and O–H groups in total. The van der Waals surface area contributed by atoms with Crippen LogP contribution in [-0.4, -0.2) is 109 Å². The molecule has 1 aromatic carbocycles. The predicted molar refractivity (Wildman–Crippen MR) is 147 cm³/mol. The van der Waals surface area contributed by atoms with Gasteiger partial charge < -0.3 is 35.4 Å². The molecule has 5 heterocycles. The Labute approximate surface area is 223 Å². The largest absolute Gasteiger partial charge is 0.378 e. The van der Waals surface area contributed by atoms with E-state index in [4.69, 9.17) is 15.5 Å². The van der Waals surface area contributed by atoms with Gasteiger partial charge in [-0.05, 0) is 38.1 Å². The Hall–Kier alpha value is -3.70. The van der Waals surface area contributed by atoms with Crippen LogP contribution in [0.25, 0.3) is 5.70 Å². The number of carbonyl (C=O) groups excluding carboxylic acids is 1. The lowest BCUT2D eigenvalue weighted by Gasteiger charge is -2.38. The van der Waals surface area contributed by atoms with E-state index in [1.54, 1.807) is 12.4 Å². The molecule has 4 aliphatic heterocycles. The van der Waals surface area contributed by atoms with Gasteiger partial charge in [0.1, 0.15) is 6.17 Å². The zero-order valence-corrected chi connectivity index (χ0v) is 22.1. The van der Waals surface area contributed by atoms with Gasteiger partial charge in [-0.2, -0.15) is 0 Å². The van der Waals surface area contributed by atoms with Gasteiger partial charge in [-0.1, -0.05) is 6.07 Å². The number of anilines is 2. The Morgan fingerprint density at radius 3 is 2.53 bits per heavy atom. The second-order valence-corrected chi connectivity index (χ2v) is 10.3. The molecule has 6 rings (SSSR count). The fraction of sp³-hybridized carbons (Fsp3) is 0.481. The summed E-state index contributed by atoms with van der Waals surface area (Å²) in [4.78, 5) is 35.7. The highest BCUT2D eigenvalue weighted by Gasteiger charge is 2.38. The van der Waals surface area contributed by atoms with Gasteiger partial charge in [0, 0.05) is 80.6 Å². The second-order valence-electron chi connectivity index (χ2n) is 10.3. The first kappa shape index (κ1) is 24.6. The van der Waals surface area contributed by atoms with E-state index in [0.29, 0.717) is 13.2 Å². The van der Waals surface area contributed by atoms with Crippen LogP contribution in [-0.2, 0) is 4.74 Å². The first-order valence-electron chi connectivity index (χ1n) is 13.3. The molecule has 11 heteroatoms. The van der Waals surface area contributed by atoms with E-state index in [1.165, 1.54) is 5.57 Å². The van der Waals surface area contributed by atoms with E-state index in [9.17, 15) is 4.79 Å². The lowest BCUT2D eigenvalue weighted by atomic mass is 10.0. The molecule has 1 amide bonds. The maximum Gasteiger partial charge on any atom is 0.254 e. The summed E-state index contributed by atoms with van der Waals surface area (Å²) in [6.45, 7) is 9.11. The molecular weight excluding hydrogens is 482 g/mol. The number of nitrogens with one attached hydrogen (secondary N) is 1. The van der Waals surface area contributed by atoms with Crippen molar-refractivity contribution in [3.05, 3.63) is 52.9 Å². The third-order valence-corrected chi connectivity index (χ3v) is 7.86. The number of morpholine rings is 1. The summed E-state index contributed by atoms with van der Waals surface area (Å²) < 4.78 is 5.58. The van der Waals surface area contributed by atoms with Gasteiger partial charge in [0.15, 0.2) is 0 Å². The van der Waals surface area contributed by atoms with Crippen molar-refractivity contribution in [3.8, 4) is 0 Å². The summed E-state index contributed by atoms with van der Waals surface area (Å²) in [7, 11) is 2.10. The van der Waals surface area contributed by atoms with Crippen molar-refractivity contribution in [1.29, 1.82) is 0 Å². The van der Waals surface area contributed by atoms with Gasteiger partial charge in [-0.3, -0.25) is 4.79 Å². The van der Waals surface area contributed by atoms with Crippen LogP contribution >= 0.6 is 0 Å². The topological polar surface area (TPSA) is 115 Å². The molecule has 0 spiro atoms. The standard InChI is InChI=1S/C27H35N9O2/c1-18-3-4-19(25(37)34-9-7-33(2)8-10-34)15-22(18)36-6-5-21-23(20-16-29-26(28)30-17-20)31-27(32-24(21)36)35-11-13-38-14-12-35/h3-4,15-17,24H,5-14H2,1-2H3,(H,31,32)(H2,28,29,30). The SMILES string of the molecule is Cc1ccc(C(=O)N2CCN(C)CC2)cc1N1CCC2=C(c3cnc(N)nc3)N=C(N3CCOCC3)NC21. The minimum atomic E-state index is -0.0920. The molecule has 11 nitrogen and oxygen atoms in total. The van der Waals surface area contributed by atoms with Gasteiger partial charge in [-0.25, -0.2) is 15.0 Å². The average molecular weight is 518 g/mol. The fourth-order valence-corrected chi connectivity index (χ4v) is 5.59. The van der Waals surface area contributed by atoms with Crippen molar-refractivity contribution in [2.45, 2.75) is 19.5 Å². The van der Waals surface area contributed by atoms with Gasteiger partial charge >= 0.3 is 0 Å². The van der Waals surface area contributed by atoms with E-state index in [2.05, 4.69) is 56.1 Å². The molecule has 1 atom stereocenters. The number of hydrogen-bond acceptors (Lipinski definition) is 10. The van der Waals surface area contributed by atoms with Crippen molar-refractivity contribution in [2.75, 3.05) is 76.7 Å². The zero-order chi connectivity index (χ0) is 26.2. The molecule has 0 radical (unpaired) electrons. The first-order valence-corrected chi connectivity index (χ1v) is 13.3. The Morgan fingerprint density at radius 1 is 1.05 bits per heavy atom. The number of nitrogen functional groups attached to an aromatic ring is 1. The van der Waals surface area contributed by atoms with Gasteiger partial charge in [0.25, 0.3) is 5.91 Å². The third-order valence-electron chi connectivity index (χ3n) is 7.86. The summed E-state index contributed by atoms with van der Waals surface area (Å²) in [6, 6.07) is 6.08. The molecule has 1 aromatic heterocycles. The molecular formula is C27H35N9O2. The molecule has 1 unspecified atom stereocenters. The maximum atomic E-state index is 13.4. The quantitative estimate of drug-likeness (QED) is 0.615. The number of benzene rings is 1. The first-order chi connectivity index (χ1) is 18.5. The summed E-state index contributed by atoms with van der Waals surface area (Å²) in [5, 5.41) is 3.71. The van der Waals surface area contributed by atoms with E-state index in [0.717, 1.165) is 86.3 Å². The summed E-state index contributed by atoms with van der Waals surface area (Å²) in [5.41, 5.74) is 11.6. The molecule has 2 aromatic rings. The van der Waals surface area contributed by atoms with Gasteiger partial charge in [-0.15, -0.1) is 0 Å². The minimum Gasteiger partial charge on any atom is -0.378 e. The number of piperazine rings is 1. The number of aliphatic imine (C=N–C) groups is 1. The number of fused-ring (bicyclic) bond motifs is 1. The summed E-state index contributed by atoms with van der Waals surface area (Å²) in [6.07, 6.45) is 4.24.